The second-order valence-electron chi connectivity index (χ2n) is 16.3. The number of aryl methyl sites for hydroxylation is 1. The third kappa shape index (κ3) is 10.0. The molecule has 14 nitrogen and oxygen atoms in total. The van der Waals surface area contributed by atoms with E-state index in [0.717, 1.165) is 62.5 Å². The van der Waals surface area contributed by atoms with Crippen molar-refractivity contribution < 1.29 is 41.9 Å². The van der Waals surface area contributed by atoms with Crippen LogP contribution in [0.2, 0.25) is 0 Å². The fraction of sp³-hybridized carbons (Fsp3) is 0.711. The summed E-state index contributed by atoms with van der Waals surface area (Å²) < 4.78 is 39.2. The molecule has 4 aliphatic heterocycles. The topological polar surface area (TPSA) is 181 Å². The average Bonchev–Trinajstić information content (AvgIpc) is 3.76. The van der Waals surface area contributed by atoms with E-state index < -0.39 is 69.4 Å². The van der Waals surface area contributed by atoms with Gasteiger partial charge in [-0.1, -0.05) is 77.0 Å². The van der Waals surface area contributed by atoms with Crippen molar-refractivity contribution in [1.29, 1.82) is 0 Å². The van der Waals surface area contributed by atoms with Gasteiger partial charge >= 0.3 is 12.2 Å². The van der Waals surface area contributed by atoms with Crippen LogP contribution in [0, 0.1) is 5.41 Å². The van der Waals surface area contributed by atoms with Gasteiger partial charge in [0, 0.05) is 19.5 Å². The minimum Gasteiger partial charge on any atom is -0.449 e. The summed E-state index contributed by atoms with van der Waals surface area (Å²) in [5.74, 6) is -1.98. The van der Waals surface area contributed by atoms with Crippen LogP contribution in [-0.2, 0) is 53.4 Å². The Labute approximate surface area is 312 Å². The summed E-state index contributed by atoms with van der Waals surface area (Å²) in [5, 5.41) is 4.91. The van der Waals surface area contributed by atoms with E-state index in [1.54, 1.807) is 4.90 Å². The Morgan fingerprint density at radius 3 is 2.36 bits per heavy atom. The van der Waals surface area contributed by atoms with Gasteiger partial charge in [-0.15, -0.1) is 0 Å². The predicted octanol–water partition coefficient (Wildman–Crippen LogP) is 4.18. The van der Waals surface area contributed by atoms with Crippen molar-refractivity contribution in [2.75, 3.05) is 13.2 Å². The lowest BCUT2D eigenvalue weighted by Gasteiger charge is -2.30. The molecule has 53 heavy (non-hydrogen) atoms. The zero-order chi connectivity index (χ0) is 37.8. The third-order valence-corrected chi connectivity index (χ3v) is 13.1. The number of sulfonamides is 1. The standard InChI is InChI=1S/C38H55N5O9S/c1-38(2)19-10-9-12-25-13-11-14-26-21-42(23-29(25)26)37(48)52-27-20-32-34(45)39-30(33(44)41-53(49,50)28-17-18-28)15-7-5-3-4-6-8-16-31(35(46)43(32)22-27)40-36(47)51-24-38/h11,13-14,27-28,30-32H,3-10,12,15-24H2,1-2H3,(H,39,45)(H,40,47)(H,41,44)/t27-,30?,31-,32-/m0/s1. The molecule has 0 spiro atoms. The third-order valence-electron chi connectivity index (χ3n) is 11.3. The van der Waals surface area contributed by atoms with Crippen molar-refractivity contribution in [3.05, 3.63) is 34.9 Å². The van der Waals surface area contributed by atoms with E-state index in [2.05, 4.69) is 21.4 Å². The number of amides is 5. The quantitative estimate of drug-likeness (QED) is 0.408. The first-order valence-corrected chi connectivity index (χ1v) is 21.0. The lowest BCUT2D eigenvalue weighted by molar-refractivity contribution is -0.141. The molecule has 0 radical (unpaired) electrons. The first kappa shape index (κ1) is 38.8. The molecule has 4 heterocycles. The van der Waals surface area contributed by atoms with E-state index >= 15 is 0 Å². The minimum atomic E-state index is -3.86. The number of carbonyl (C=O) groups is 5. The Balaban J connectivity index is 1.27. The van der Waals surface area contributed by atoms with Gasteiger partial charge in [0.15, 0.2) is 0 Å². The Kier molecular flexibility index (Phi) is 12.2. The number of benzene rings is 1. The normalized spacial score (nSPS) is 28.1. The number of nitrogens with one attached hydrogen (secondary N) is 3. The molecule has 1 aromatic carbocycles. The number of fused-ring (bicyclic) bond motifs is 3. The van der Waals surface area contributed by atoms with Crippen molar-refractivity contribution in [2.45, 2.75) is 153 Å². The molecule has 1 aromatic rings. The molecule has 4 atom stereocenters. The van der Waals surface area contributed by atoms with Gasteiger partial charge < -0.3 is 25.0 Å². The first-order chi connectivity index (χ1) is 25.3. The molecule has 6 rings (SSSR count). The van der Waals surface area contributed by atoms with Crippen LogP contribution in [0.4, 0.5) is 9.59 Å². The lowest BCUT2D eigenvalue weighted by atomic mass is 9.87. The van der Waals surface area contributed by atoms with Crippen molar-refractivity contribution in [2.24, 2.45) is 5.41 Å². The fourth-order valence-electron chi connectivity index (χ4n) is 7.95. The van der Waals surface area contributed by atoms with Crippen molar-refractivity contribution >= 4 is 39.9 Å². The molecular formula is C38H55N5O9S. The highest BCUT2D eigenvalue weighted by Crippen LogP contribution is 2.32. The number of ether oxygens (including phenoxy) is 2. The second-order valence-corrected chi connectivity index (χ2v) is 18.2. The second kappa shape index (κ2) is 16.6. The maximum Gasteiger partial charge on any atom is 0.410 e. The molecule has 3 fully saturated rings. The van der Waals surface area contributed by atoms with Crippen LogP contribution in [0.1, 0.15) is 120 Å². The molecule has 3 N–H and O–H groups in total. The number of carbonyl (C=O) groups excluding carboxylic acids is 5. The van der Waals surface area contributed by atoms with E-state index in [4.69, 9.17) is 9.47 Å². The summed E-state index contributed by atoms with van der Waals surface area (Å²) in [6.45, 7) is 4.96. The van der Waals surface area contributed by atoms with Gasteiger partial charge in [-0.25, -0.2) is 18.0 Å². The van der Waals surface area contributed by atoms with Gasteiger partial charge in [0.1, 0.15) is 24.2 Å². The van der Waals surface area contributed by atoms with Gasteiger partial charge in [0.2, 0.25) is 21.8 Å². The number of nitrogens with zero attached hydrogens (tertiary/aromatic N) is 2. The Morgan fingerprint density at radius 1 is 0.887 bits per heavy atom. The van der Waals surface area contributed by atoms with E-state index in [9.17, 15) is 32.4 Å². The molecule has 15 heteroatoms. The SMILES string of the molecule is CC1(C)CCCCc2cccc3c2CN(C3)C(=O)O[C@H]2C[C@H]3C(=O)NC(C(=O)NS(=O)(=O)C4CC4)CCCCCCCC[C@H](NC(=O)OC1)C(=O)N3C2. The van der Waals surface area contributed by atoms with Crippen LogP contribution in [-0.4, -0.2) is 90.8 Å². The Bertz CT molecular complexity index is 1660. The Morgan fingerprint density at radius 2 is 1.60 bits per heavy atom. The summed E-state index contributed by atoms with van der Waals surface area (Å²) in [6.07, 6.45) is 7.43. The van der Waals surface area contributed by atoms with E-state index in [-0.39, 0.29) is 31.4 Å². The zero-order valence-electron chi connectivity index (χ0n) is 31.0. The summed E-state index contributed by atoms with van der Waals surface area (Å²) in [4.78, 5) is 71.6. The molecule has 1 unspecified atom stereocenters. The number of cyclic esters (lactones) is 1. The van der Waals surface area contributed by atoms with Gasteiger partial charge in [-0.2, -0.15) is 0 Å². The first-order valence-electron chi connectivity index (χ1n) is 19.4. The van der Waals surface area contributed by atoms with Gasteiger partial charge in [0.25, 0.3) is 5.91 Å². The minimum absolute atomic E-state index is 0.0323. The van der Waals surface area contributed by atoms with Crippen molar-refractivity contribution in [1.82, 2.24) is 25.2 Å². The van der Waals surface area contributed by atoms with Crippen molar-refractivity contribution in [3.63, 3.8) is 0 Å². The number of hydrogen-bond acceptors (Lipinski definition) is 9. The van der Waals surface area contributed by atoms with Crippen molar-refractivity contribution in [3.8, 4) is 0 Å². The van der Waals surface area contributed by atoms with Gasteiger partial charge in [0.05, 0.1) is 18.4 Å². The smallest absolute Gasteiger partial charge is 0.410 e. The average molecular weight is 758 g/mol. The van der Waals surface area contributed by atoms with Crippen LogP contribution in [0.5, 0.6) is 0 Å². The molecule has 1 saturated carbocycles. The molecular weight excluding hydrogens is 703 g/mol. The summed E-state index contributed by atoms with van der Waals surface area (Å²) in [5.41, 5.74) is 3.06. The van der Waals surface area contributed by atoms with Crippen LogP contribution >= 0.6 is 0 Å². The number of rotatable bonds is 3. The van der Waals surface area contributed by atoms with Crippen LogP contribution < -0.4 is 15.4 Å². The largest absolute Gasteiger partial charge is 0.449 e. The van der Waals surface area contributed by atoms with Crippen LogP contribution in [0.25, 0.3) is 0 Å². The monoisotopic (exact) mass is 757 g/mol. The highest BCUT2D eigenvalue weighted by atomic mass is 32.2. The summed E-state index contributed by atoms with van der Waals surface area (Å²) in [7, 11) is -3.86. The van der Waals surface area contributed by atoms with E-state index in [0.29, 0.717) is 45.2 Å². The molecule has 292 valence electrons. The summed E-state index contributed by atoms with van der Waals surface area (Å²) >= 11 is 0. The van der Waals surface area contributed by atoms with E-state index in [1.807, 2.05) is 26.0 Å². The van der Waals surface area contributed by atoms with Gasteiger partial charge in [-0.05, 0) is 67.1 Å². The van der Waals surface area contributed by atoms with Crippen LogP contribution in [0.3, 0.4) is 0 Å². The van der Waals surface area contributed by atoms with Gasteiger partial charge in [-0.3, -0.25) is 24.0 Å². The maximum atomic E-state index is 14.4. The summed E-state index contributed by atoms with van der Waals surface area (Å²) in [6, 6.07) is 2.83. The molecule has 5 amide bonds. The van der Waals surface area contributed by atoms with E-state index in [1.165, 1.54) is 10.5 Å². The zero-order valence-corrected chi connectivity index (χ0v) is 31.8. The number of alkyl carbamates (subject to hydrolysis) is 1. The molecule has 0 aromatic heterocycles. The van der Waals surface area contributed by atoms with Crippen LogP contribution in [0.15, 0.2) is 18.2 Å². The number of hydrogen-bond donors (Lipinski definition) is 3. The fourth-order valence-corrected chi connectivity index (χ4v) is 9.30. The maximum absolute atomic E-state index is 14.4. The highest BCUT2D eigenvalue weighted by molar-refractivity contribution is 7.90. The Hall–Kier alpha value is -3.88. The lowest BCUT2D eigenvalue weighted by Crippen LogP contribution is -2.56. The molecule has 5 aliphatic rings. The highest BCUT2D eigenvalue weighted by Gasteiger charge is 2.46. The molecule has 1 aliphatic carbocycles. The molecule has 2 saturated heterocycles. The molecule has 5 bridgehead atoms. The predicted molar refractivity (Wildman–Crippen MR) is 195 cm³/mol.